The number of rotatable bonds is 0. The van der Waals surface area contributed by atoms with Gasteiger partial charge in [-0.2, -0.15) is 0 Å². The quantitative estimate of drug-likeness (QED) is 0.353. The molecule has 0 fully saturated rings. The molecule has 0 saturated heterocycles. The van der Waals surface area contributed by atoms with Gasteiger partial charge in [-0.1, -0.05) is 0 Å². The van der Waals surface area contributed by atoms with Gasteiger partial charge in [0.15, 0.2) is 0 Å². The van der Waals surface area contributed by atoms with Crippen molar-refractivity contribution < 1.29 is 20.9 Å². The van der Waals surface area contributed by atoms with E-state index in [4.69, 9.17) is 3.80 Å². The summed E-state index contributed by atoms with van der Waals surface area (Å²) in [5, 5.41) is 0. The maximum atomic E-state index is 8.28. The molecule has 0 bridgehead atoms. The summed E-state index contributed by atoms with van der Waals surface area (Å²) in [6, 6.07) is 0. The van der Waals surface area contributed by atoms with Gasteiger partial charge in [-0.3, -0.25) is 0 Å². The minimum atomic E-state index is 0. The maximum absolute atomic E-state index is 8.28. The second-order valence-corrected chi connectivity index (χ2v) is 0. The minimum absolute atomic E-state index is 0. The van der Waals surface area contributed by atoms with Gasteiger partial charge in [-0.05, 0) is 0 Å². The zero-order valence-corrected chi connectivity index (χ0v) is 4.09. The molecule has 4 heavy (non-hydrogen) atoms. The van der Waals surface area contributed by atoms with Crippen LogP contribution in [0.15, 0.2) is 0 Å². The fraction of sp³-hybridized carbons (Fsp3) is 0. The molecule has 0 aromatic rings. The van der Waals surface area contributed by atoms with Crippen LogP contribution in [0.5, 0.6) is 0 Å². The molecule has 0 atom stereocenters. The van der Waals surface area contributed by atoms with Crippen LogP contribution >= 0.6 is 0 Å². The van der Waals surface area contributed by atoms with Gasteiger partial charge < -0.3 is 0 Å². The van der Waals surface area contributed by atoms with Gasteiger partial charge in [0.25, 0.3) is 0 Å². The molecular formula is H3AlMgMnO. The molecule has 0 aromatic heterocycles. The predicted octanol–water partition coefficient (Wildman–Crippen LogP) is -1.69. The van der Waals surface area contributed by atoms with Gasteiger partial charge in [0.2, 0.25) is 0 Å². The van der Waals surface area contributed by atoms with Crippen LogP contribution in [0.4, 0.5) is 0 Å². The van der Waals surface area contributed by atoms with Crippen molar-refractivity contribution in [3.63, 3.8) is 0 Å². The third kappa shape index (κ3) is 9.47. The van der Waals surface area contributed by atoms with Crippen LogP contribution in [0.25, 0.3) is 0 Å². The van der Waals surface area contributed by atoms with Crippen molar-refractivity contribution in [2.45, 2.75) is 0 Å². The van der Waals surface area contributed by atoms with E-state index in [1.807, 2.05) is 0 Å². The van der Waals surface area contributed by atoms with Gasteiger partial charge in [0.05, 0.1) is 0 Å². The van der Waals surface area contributed by atoms with E-state index in [9.17, 15) is 0 Å². The zero-order valence-electron chi connectivity index (χ0n) is 1.49. The summed E-state index contributed by atoms with van der Waals surface area (Å²) in [7, 11) is 0. The van der Waals surface area contributed by atoms with Crippen LogP contribution < -0.4 is 0 Å². The Bertz CT molecular complexity index is 8.00. The van der Waals surface area contributed by atoms with E-state index >= 15 is 0 Å². The number of hydrogen-bond donors (Lipinski definition) is 0. The standard InChI is InChI=1S/Al.Mg.Mn.O.3H. The Hall–Kier alpha value is 1.62. The molecule has 0 aliphatic heterocycles. The van der Waals surface area contributed by atoms with E-state index in [0.29, 0.717) is 16.2 Å². The molecule has 4 heteroatoms. The van der Waals surface area contributed by atoms with Crippen LogP contribution in [-0.4, -0.2) is 39.3 Å². The molecule has 0 rings (SSSR count). The molecule has 0 amide bonds. The Balaban J connectivity index is -0.00000000500. The van der Waals surface area contributed by atoms with E-state index in [1.54, 1.807) is 0 Å². The van der Waals surface area contributed by atoms with Gasteiger partial charge in [-0.25, -0.2) is 0 Å². The Morgan fingerprint density at radius 2 is 1.25 bits per heavy atom. The summed E-state index contributed by atoms with van der Waals surface area (Å²) >= 11 is 0.611. The summed E-state index contributed by atoms with van der Waals surface area (Å²) in [6.45, 7) is 0. The van der Waals surface area contributed by atoms with Crippen molar-refractivity contribution in [1.82, 2.24) is 0 Å². The predicted molar refractivity (Wildman–Crippen MR) is 16.4 cm³/mol. The Kier molecular flexibility index (Phi) is 101. The summed E-state index contributed by atoms with van der Waals surface area (Å²) in [6.07, 6.45) is 0. The first-order valence-corrected chi connectivity index (χ1v) is 0.866. The molecule has 1 nitrogen and oxygen atoms in total. The van der Waals surface area contributed by atoms with Crippen LogP contribution in [0, 0.1) is 0 Å². The summed E-state index contributed by atoms with van der Waals surface area (Å²) in [5.41, 5.74) is 0. The normalized spacial score (nSPS) is 0.750. The summed E-state index contributed by atoms with van der Waals surface area (Å²) < 4.78 is 8.28. The van der Waals surface area contributed by atoms with E-state index in [0.717, 1.165) is 0 Å². The molecule has 0 saturated carbocycles. The van der Waals surface area contributed by atoms with Crippen LogP contribution in [-0.2, 0) is 20.9 Å². The summed E-state index contributed by atoms with van der Waals surface area (Å²) in [5.74, 6) is 0. The first-order chi connectivity index (χ1) is 1.00. The van der Waals surface area contributed by atoms with Crippen molar-refractivity contribution in [3.05, 3.63) is 0 Å². The van der Waals surface area contributed by atoms with Crippen LogP contribution in [0.2, 0.25) is 0 Å². The van der Waals surface area contributed by atoms with E-state index in [1.165, 1.54) is 0 Å². The van der Waals surface area contributed by atoms with Crippen LogP contribution in [0.1, 0.15) is 0 Å². The van der Waals surface area contributed by atoms with Gasteiger partial charge in [-0.15, -0.1) is 0 Å². The molecule has 0 heterocycles. The Morgan fingerprint density at radius 3 is 1.25 bits per heavy atom. The fourth-order valence-corrected chi connectivity index (χ4v) is 0. The second-order valence-electron chi connectivity index (χ2n) is 0. The van der Waals surface area contributed by atoms with E-state index in [2.05, 4.69) is 0 Å². The molecular weight excluding hydrogens is 122 g/mol. The third-order valence-electron chi connectivity index (χ3n) is 0. The molecule has 0 aliphatic carbocycles. The average Bonchev–Trinajstić information content (AvgIpc) is 1.00. The van der Waals surface area contributed by atoms with Crippen molar-refractivity contribution in [2.75, 3.05) is 0 Å². The number of hydrogen-bond acceptors (Lipinski definition) is 1. The van der Waals surface area contributed by atoms with Crippen molar-refractivity contribution in [3.8, 4) is 0 Å². The van der Waals surface area contributed by atoms with Crippen LogP contribution in [0.3, 0.4) is 0 Å². The van der Waals surface area contributed by atoms with Gasteiger partial charge >= 0.3 is 43.1 Å². The monoisotopic (exact) mass is 125 g/mol. The molecule has 0 N–H and O–H groups in total. The summed E-state index contributed by atoms with van der Waals surface area (Å²) in [4.78, 5) is 0. The molecule has 21 valence electrons. The van der Waals surface area contributed by atoms with Gasteiger partial charge in [0, 0.05) is 17.1 Å². The Morgan fingerprint density at radius 1 is 1.25 bits per heavy atom. The Labute approximate surface area is 59.8 Å². The van der Waals surface area contributed by atoms with Crippen molar-refractivity contribution >= 4 is 39.3 Å². The fourth-order valence-electron chi connectivity index (χ4n) is 0. The van der Waals surface area contributed by atoms with Gasteiger partial charge in [0.1, 0.15) is 0 Å². The second kappa shape index (κ2) is 23.1. The average molecular weight is 125 g/mol. The molecule has 0 aliphatic rings. The van der Waals surface area contributed by atoms with E-state index in [-0.39, 0.29) is 40.1 Å². The molecule has 0 aromatic carbocycles. The first-order valence-electron chi connectivity index (χ1n) is 0.289. The SMILES string of the molecule is [MgH2].[Mn].[O]=[AlH]. The molecule has 0 spiro atoms. The van der Waals surface area contributed by atoms with Crippen molar-refractivity contribution in [1.29, 1.82) is 0 Å². The van der Waals surface area contributed by atoms with E-state index < -0.39 is 0 Å². The first kappa shape index (κ1) is 17.5. The third-order valence-corrected chi connectivity index (χ3v) is 0. The molecule has 1 radical (unpaired) electrons. The molecule has 0 unspecified atom stereocenters. The topological polar surface area (TPSA) is 17.1 Å². The zero-order chi connectivity index (χ0) is 2.00. The van der Waals surface area contributed by atoms with Crippen molar-refractivity contribution in [2.24, 2.45) is 0 Å².